The zero-order valence-electron chi connectivity index (χ0n) is 10.2. The van der Waals surface area contributed by atoms with Crippen LogP contribution < -0.4 is 0 Å². The first kappa shape index (κ1) is 13.2. The van der Waals surface area contributed by atoms with Crippen LogP contribution in [0.15, 0.2) is 24.3 Å². The summed E-state index contributed by atoms with van der Waals surface area (Å²) in [5.74, 6) is -0.278. The SMILES string of the molecule is CCCCCC(O)(CC)c1cccc(F)c1. The Balaban J connectivity index is 2.78. The molecule has 1 N–H and O–H groups in total. The molecule has 0 aliphatic heterocycles. The first-order valence-corrected chi connectivity index (χ1v) is 6.11. The lowest BCUT2D eigenvalue weighted by atomic mass is 9.86. The van der Waals surface area contributed by atoms with Gasteiger partial charge in [-0.2, -0.15) is 0 Å². The molecular formula is C14H21FO. The van der Waals surface area contributed by atoms with E-state index in [4.69, 9.17) is 0 Å². The molecule has 0 bridgehead atoms. The van der Waals surface area contributed by atoms with Crippen molar-refractivity contribution in [3.05, 3.63) is 35.6 Å². The Morgan fingerprint density at radius 1 is 1.25 bits per heavy atom. The summed E-state index contributed by atoms with van der Waals surface area (Å²) in [7, 11) is 0. The van der Waals surface area contributed by atoms with E-state index in [1.165, 1.54) is 12.1 Å². The van der Waals surface area contributed by atoms with Gasteiger partial charge < -0.3 is 5.11 Å². The van der Waals surface area contributed by atoms with Gasteiger partial charge in [-0.1, -0.05) is 45.2 Å². The topological polar surface area (TPSA) is 20.2 Å². The maximum Gasteiger partial charge on any atom is 0.123 e. The predicted octanol–water partition coefficient (Wildman–Crippen LogP) is 4.00. The molecule has 0 fully saturated rings. The second kappa shape index (κ2) is 6.00. The summed E-state index contributed by atoms with van der Waals surface area (Å²) < 4.78 is 13.1. The zero-order chi connectivity index (χ0) is 12.0. The normalized spacial score (nSPS) is 14.8. The summed E-state index contributed by atoms with van der Waals surface area (Å²) in [6.45, 7) is 4.07. The second-order valence-electron chi connectivity index (χ2n) is 4.35. The molecule has 0 aromatic heterocycles. The van der Waals surface area contributed by atoms with Crippen LogP contribution in [-0.2, 0) is 5.60 Å². The summed E-state index contributed by atoms with van der Waals surface area (Å²) in [6, 6.07) is 6.31. The predicted molar refractivity (Wildman–Crippen MR) is 64.7 cm³/mol. The first-order chi connectivity index (χ1) is 7.62. The number of aliphatic hydroxyl groups is 1. The highest BCUT2D eigenvalue weighted by Crippen LogP contribution is 2.31. The van der Waals surface area contributed by atoms with E-state index in [1.807, 2.05) is 6.92 Å². The third-order valence-electron chi connectivity index (χ3n) is 3.14. The van der Waals surface area contributed by atoms with Crippen LogP contribution in [0.5, 0.6) is 0 Å². The van der Waals surface area contributed by atoms with Crippen molar-refractivity contribution in [3.63, 3.8) is 0 Å². The van der Waals surface area contributed by atoms with Gasteiger partial charge in [0.25, 0.3) is 0 Å². The highest BCUT2D eigenvalue weighted by molar-refractivity contribution is 5.23. The highest BCUT2D eigenvalue weighted by atomic mass is 19.1. The van der Waals surface area contributed by atoms with E-state index in [0.717, 1.165) is 19.3 Å². The number of rotatable bonds is 6. The lowest BCUT2D eigenvalue weighted by molar-refractivity contribution is 0.0205. The van der Waals surface area contributed by atoms with Gasteiger partial charge in [-0.3, -0.25) is 0 Å². The fourth-order valence-electron chi connectivity index (χ4n) is 1.97. The standard InChI is InChI=1S/C14H21FO/c1-3-5-6-10-14(16,4-2)12-8-7-9-13(15)11-12/h7-9,11,16H,3-6,10H2,1-2H3. The molecule has 0 radical (unpaired) electrons. The molecule has 1 aromatic rings. The van der Waals surface area contributed by atoms with Gasteiger partial charge in [0.1, 0.15) is 5.82 Å². The van der Waals surface area contributed by atoms with Crippen molar-refractivity contribution >= 4 is 0 Å². The third kappa shape index (κ3) is 3.31. The molecule has 1 unspecified atom stereocenters. The van der Waals surface area contributed by atoms with Gasteiger partial charge in [-0.25, -0.2) is 4.39 Å². The Morgan fingerprint density at radius 3 is 2.56 bits per heavy atom. The Bertz CT molecular complexity index is 324. The molecule has 0 aliphatic rings. The van der Waals surface area contributed by atoms with Crippen LogP contribution in [0.1, 0.15) is 51.5 Å². The molecule has 0 saturated heterocycles. The molecule has 0 heterocycles. The van der Waals surface area contributed by atoms with Crippen molar-refractivity contribution < 1.29 is 9.50 Å². The van der Waals surface area contributed by atoms with Crippen LogP contribution in [0.3, 0.4) is 0 Å². The summed E-state index contributed by atoms with van der Waals surface area (Å²) in [5.41, 5.74) is -0.164. The van der Waals surface area contributed by atoms with Gasteiger partial charge in [-0.05, 0) is 30.5 Å². The van der Waals surface area contributed by atoms with Crippen LogP contribution in [0.2, 0.25) is 0 Å². The maximum atomic E-state index is 13.1. The fourth-order valence-corrected chi connectivity index (χ4v) is 1.97. The van der Waals surface area contributed by atoms with E-state index in [9.17, 15) is 9.50 Å². The van der Waals surface area contributed by atoms with Crippen molar-refractivity contribution in [1.82, 2.24) is 0 Å². The highest BCUT2D eigenvalue weighted by Gasteiger charge is 2.26. The monoisotopic (exact) mass is 224 g/mol. The molecule has 2 heteroatoms. The lowest BCUT2D eigenvalue weighted by Crippen LogP contribution is -2.24. The maximum absolute atomic E-state index is 13.1. The van der Waals surface area contributed by atoms with Gasteiger partial charge in [0, 0.05) is 0 Å². The molecule has 0 saturated carbocycles. The molecule has 1 atom stereocenters. The third-order valence-corrected chi connectivity index (χ3v) is 3.14. The minimum Gasteiger partial charge on any atom is -0.385 e. The van der Waals surface area contributed by atoms with Gasteiger partial charge in [0.2, 0.25) is 0 Å². The Hall–Kier alpha value is -0.890. The molecule has 1 nitrogen and oxygen atoms in total. The summed E-state index contributed by atoms with van der Waals surface area (Å²) in [4.78, 5) is 0. The van der Waals surface area contributed by atoms with E-state index < -0.39 is 5.60 Å². The summed E-state index contributed by atoms with van der Waals surface area (Å²) in [6.07, 6.45) is 4.55. The molecule has 0 spiro atoms. The lowest BCUT2D eigenvalue weighted by Gasteiger charge is -2.27. The van der Waals surface area contributed by atoms with Crippen LogP contribution >= 0.6 is 0 Å². The number of halogens is 1. The van der Waals surface area contributed by atoms with Crippen molar-refractivity contribution in [2.75, 3.05) is 0 Å². The molecule has 0 amide bonds. The van der Waals surface area contributed by atoms with Crippen molar-refractivity contribution in [2.24, 2.45) is 0 Å². The molecule has 0 aliphatic carbocycles. The average molecular weight is 224 g/mol. The van der Waals surface area contributed by atoms with Gasteiger partial charge in [0.05, 0.1) is 5.60 Å². The van der Waals surface area contributed by atoms with E-state index in [0.29, 0.717) is 18.4 Å². The van der Waals surface area contributed by atoms with E-state index in [1.54, 1.807) is 12.1 Å². The van der Waals surface area contributed by atoms with Gasteiger partial charge in [0.15, 0.2) is 0 Å². The largest absolute Gasteiger partial charge is 0.385 e. The zero-order valence-corrected chi connectivity index (χ0v) is 10.2. The minimum absolute atomic E-state index is 0.278. The number of benzene rings is 1. The summed E-state index contributed by atoms with van der Waals surface area (Å²) in [5, 5.41) is 10.5. The van der Waals surface area contributed by atoms with Crippen LogP contribution in [0.25, 0.3) is 0 Å². The Kier molecular flexibility index (Phi) is 4.94. The summed E-state index contributed by atoms with van der Waals surface area (Å²) >= 11 is 0. The van der Waals surface area contributed by atoms with Crippen molar-refractivity contribution in [3.8, 4) is 0 Å². The van der Waals surface area contributed by atoms with Crippen LogP contribution in [0.4, 0.5) is 4.39 Å². The number of unbranched alkanes of at least 4 members (excludes halogenated alkanes) is 2. The Morgan fingerprint density at radius 2 is 2.00 bits per heavy atom. The molecule has 90 valence electrons. The number of hydrogen-bond acceptors (Lipinski definition) is 1. The smallest absolute Gasteiger partial charge is 0.123 e. The second-order valence-corrected chi connectivity index (χ2v) is 4.35. The van der Waals surface area contributed by atoms with Crippen LogP contribution in [0, 0.1) is 5.82 Å². The van der Waals surface area contributed by atoms with Crippen molar-refractivity contribution in [2.45, 2.75) is 51.6 Å². The minimum atomic E-state index is -0.864. The quantitative estimate of drug-likeness (QED) is 0.724. The molecule has 1 rings (SSSR count). The first-order valence-electron chi connectivity index (χ1n) is 6.11. The van der Waals surface area contributed by atoms with Gasteiger partial charge >= 0.3 is 0 Å². The Labute approximate surface area is 97.3 Å². The van der Waals surface area contributed by atoms with E-state index in [-0.39, 0.29) is 5.82 Å². The molecule has 16 heavy (non-hydrogen) atoms. The van der Waals surface area contributed by atoms with Crippen LogP contribution in [-0.4, -0.2) is 5.11 Å². The molecule has 1 aromatic carbocycles. The fraction of sp³-hybridized carbons (Fsp3) is 0.571. The number of hydrogen-bond donors (Lipinski definition) is 1. The van der Waals surface area contributed by atoms with Gasteiger partial charge in [-0.15, -0.1) is 0 Å². The van der Waals surface area contributed by atoms with E-state index in [2.05, 4.69) is 6.92 Å². The molecular weight excluding hydrogens is 203 g/mol. The van der Waals surface area contributed by atoms with Crippen molar-refractivity contribution in [1.29, 1.82) is 0 Å². The van der Waals surface area contributed by atoms with E-state index >= 15 is 0 Å². The average Bonchev–Trinajstić information content (AvgIpc) is 2.29.